The third kappa shape index (κ3) is 4.26. The van der Waals surface area contributed by atoms with Crippen LogP contribution in [0.25, 0.3) is 10.8 Å². The standard InChI is InChI=1S/C25H26FNO2/c1-17(21-10-11-24(26)23-5-3-2-4-22(21)23)14-19-12-13-27(16-19)20-8-6-18(7-9-20)15-25(28)29/h2-11,17,19H,12-16H2,1H3,(H,28,29)/t17-,19+/m0/s1/i26-1. The van der Waals surface area contributed by atoms with Crippen LogP contribution in [0.15, 0.2) is 60.7 Å². The second-order valence-corrected chi connectivity index (χ2v) is 8.16. The minimum atomic E-state index is -0.804. The SMILES string of the molecule is C[C@@H](C[C@H]1CCN(c2ccc(CC(=O)O)cc2)C1)c1ccc([18F])c2ccccc12. The largest absolute Gasteiger partial charge is 0.481 e. The summed E-state index contributed by atoms with van der Waals surface area (Å²) < 4.78 is 14.1. The quantitative estimate of drug-likeness (QED) is 0.593. The molecule has 3 aromatic carbocycles. The van der Waals surface area contributed by atoms with Crippen LogP contribution >= 0.6 is 0 Å². The molecule has 0 saturated carbocycles. The van der Waals surface area contributed by atoms with Crippen molar-refractivity contribution in [2.75, 3.05) is 18.0 Å². The van der Waals surface area contributed by atoms with Gasteiger partial charge in [-0.05, 0) is 59.4 Å². The van der Waals surface area contributed by atoms with Crippen LogP contribution < -0.4 is 4.90 Å². The molecule has 29 heavy (non-hydrogen) atoms. The van der Waals surface area contributed by atoms with E-state index in [1.807, 2.05) is 54.6 Å². The van der Waals surface area contributed by atoms with E-state index in [1.165, 1.54) is 5.56 Å². The Kier molecular flexibility index (Phi) is 5.52. The average molecular weight is 390 g/mol. The number of hydrogen-bond acceptors (Lipinski definition) is 2. The first-order valence-corrected chi connectivity index (χ1v) is 10.2. The molecule has 1 saturated heterocycles. The predicted octanol–water partition coefficient (Wildman–Crippen LogP) is 5.63. The van der Waals surface area contributed by atoms with Crippen molar-refractivity contribution in [1.82, 2.24) is 0 Å². The van der Waals surface area contributed by atoms with E-state index in [1.54, 1.807) is 6.07 Å². The first-order valence-electron chi connectivity index (χ1n) is 10.2. The van der Waals surface area contributed by atoms with Crippen molar-refractivity contribution in [3.63, 3.8) is 0 Å². The molecule has 1 aliphatic heterocycles. The number of aliphatic carboxylic acids is 1. The van der Waals surface area contributed by atoms with Gasteiger partial charge in [-0.15, -0.1) is 0 Å². The highest BCUT2D eigenvalue weighted by molar-refractivity contribution is 5.86. The molecule has 0 aliphatic carbocycles. The zero-order valence-corrected chi connectivity index (χ0v) is 16.6. The normalized spacial score (nSPS) is 17.6. The van der Waals surface area contributed by atoms with E-state index in [9.17, 15) is 9.18 Å². The number of anilines is 1. The van der Waals surface area contributed by atoms with Gasteiger partial charge in [0.05, 0.1) is 6.42 Å². The molecular formula is C25H26FNO2. The van der Waals surface area contributed by atoms with Crippen LogP contribution in [0.2, 0.25) is 0 Å². The van der Waals surface area contributed by atoms with Crippen molar-refractivity contribution < 1.29 is 14.3 Å². The van der Waals surface area contributed by atoms with Gasteiger partial charge in [0.1, 0.15) is 5.82 Å². The van der Waals surface area contributed by atoms with Gasteiger partial charge < -0.3 is 10.0 Å². The summed E-state index contributed by atoms with van der Waals surface area (Å²) in [5, 5.41) is 10.6. The maximum atomic E-state index is 14.1. The Morgan fingerprint density at radius 2 is 1.83 bits per heavy atom. The number of benzene rings is 3. The Morgan fingerprint density at radius 3 is 2.55 bits per heavy atom. The van der Waals surface area contributed by atoms with Gasteiger partial charge in [0.2, 0.25) is 0 Å². The molecule has 3 nitrogen and oxygen atoms in total. The fraction of sp³-hybridized carbons (Fsp3) is 0.320. The number of carboxylic acid groups (broad SMARTS) is 1. The molecule has 0 aromatic heterocycles. The lowest BCUT2D eigenvalue weighted by Gasteiger charge is -2.21. The fourth-order valence-corrected chi connectivity index (χ4v) is 4.60. The summed E-state index contributed by atoms with van der Waals surface area (Å²) in [6, 6.07) is 19.1. The van der Waals surface area contributed by atoms with Crippen molar-refractivity contribution in [2.45, 2.75) is 32.1 Å². The van der Waals surface area contributed by atoms with Gasteiger partial charge in [-0.1, -0.05) is 49.4 Å². The van der Waals surface area contributed by atoms with E-state index in [0.29, 0.717) is 17.2 Å². The maximum Gasteiger partial charge on any atom is 0.307 e. The highest BCUT2D eigenvalue weighted by Crippen LogP contribution is 2.35. The molecule has 2 atom stereocenters. The lowest BCUT2D eigenvalue weighted by atomic mass is 9.87. The molecule has 1 fully saturated rings. The average Bonchev–Trinajstić information content (AvgIpc) is 3.17. The second kappa shape index (κ2) is 8.24. The molecule has 4 rings (SSSR count). The molecule has 150 valence electrons. The van der Waals surface area contributed by atoms with Crippen LogP contribution in [0.3, 0.4) is 0 Å². The highest BCUT2D eigenvalue weighted by atomic mass is 18.2. The predicted molar refractivity (Wildman–Crippen MR) is 115 cm³/mol. The van der Waals surface area contributed by atoms with E-state index < -0.39 is 5.97 Å². The molecule has 1 heterocycles. The molecule has 3 aromatic rings. The summed E-state index contributed by atoms with van der Waals surface area (Å²) in [4.78, 5) is 13.2. The van der Waals surface area contributed by atoms with Crippen LogP contribution in [0, 0.1) is 11.7 Å². The van der Waals surface area contributed by atoms with Gasteiger partial charge in [-0.2, -0.15) is 0 Å². The van der Waals surface area contributed by atoms with Gasteiger partial charge in [-0.3, -0.25) is 4.79 Å². The number of carboxylic acids is 1. The third-order valence-corrected chi connectivity index (χ3v) is 6.07. The summed E-state index contributed by atoms with van der Waals surface area (Å²) in [5.41, 5.74) is 3.20. The molecule has 0 spiro atoms. The lowest BCUT2D eigenvalue weighted by molar-refractivity contribution is -0.136. The number of nitrogens with zero attached hydrogens (tertiary/aromatic N) is 1. The summed E-state index contributed by atoms with van der Waals surface area (Å²) in [5.74, 6) is -0.00729. The molecular weight excluding hydrogens is 364 g/mol. The first-order chi connectivity index (χ1) is 14.0. The van der Waals surface area contributed by atoms with Crippen LogP contribution in [-0.4, -0.2) is 24.2 Å². The van der Waals surface area contributed by atoms with E-state index in [-0.39, 0.29) is 12.2 Å². The third-order valence-electron chi connectivity index (χ3n) is 6.07. The highest BCUT2D eigenvalue weighted by Gasteiger charge is 2.25. The van der Waals surface area contributed by atoms with Crippen molar-refractivity contribution in [3.8, 4) is 0 Å². The van der Waals surface area contributed by atoms with Gasteiger partial charge in [0.25, 0.3) is 0 Å². The number of hydrogen-bond donors (Lipinski definition) is 1. The summed E-state index contributed by atoms with van der Waals surface area (Å²) in [6.45, 7) is 4.25. The van der Waals surface area contributed by atoms with E-state index in [0.717, 1.165) is 42.6 Å². The van der Waals surface area contributed by atoms with Crippen LogP contribution in [0.1, 0.15) is 36.8 Å². The Bertz CT molecular complexity index is 1020. The molecule has 0 radical (unpaired) electrons. The zero-order chi connectivity index (χ0) is 20.4. The van der Waals surface area contributed by atoms with Crippen molar-refractivity contribution in [1.29, 1.82) is 0 Å². The molecule has 1 aliphatic rings. The second-order valence-electron chi connectivity index (χ2n) is 8.16. The summed E-state index contributed by atoms with van der Waals surface area (Å²) in [7, 11) is 0. The lowest BCUT2D eigenvalue weighted by Crippen LogP contribution is -2.20. The molecule has 0 amide bonds. The molecule has 0 unspecified atom stereocenters. The van der Waals surface area contributed by atoms with Gasteiger partial charge in [0, 0.05) is 24.2 Å². The number of rotatable bonds is 6. The Morgan fingerprint density at radius 1 is 1.10 bits per heavy atom. The Hall–Kier alpha value is -2.88. The van der Waals surface area contributed by atoms with E-state index >= 15 is 0 Å². The molecule has 4 heteroatoms. The monoisotopic (exact) mass is 390 g/mol. The van der Waals surface area contributed by atoms with Crippen molar-refractivity contribution in [2.24, 2.45) is 5.92 Å². The van der Waals surface area contributed by atoms with E-state index in [2.05, 4.69) is 11.8 Å². The minimum absolute atomic E-state index is 0.0616. The fourth-order valence-electron chi connectivity index (χ4n) is 4.60. The number of halogens is 1. The van der Waals surface area contributed by atoms with Crippen LogP contribution in [0.5, 0.6) is 0 Å². The summed E-state index contributed by atoms with van der Waals surface area (Å²) >= 11 is 0. The van der Waals surface area contributed by atoms with Gasteiger partial charge in [-0.25, -0.2) is 4.39 Å². The smallest absolute Gasteiger partial charge is 0.307 e. The van der Waals surface area contributed by atoms with Crippen molar-refractivity contribution >= 4 is 22.4 Å². The number of fused-ring (bicyclic) bond motifs is 1. The minimum Gasteiger partial charge on any atom is -0.481 e. The first kappa shape index (κ1) is 19.4. The topological polar surface area (TPSA) is 40.5 Å². The van der Waals surface area contributed by atoms with E-state index in [4.69, 9.17) is 5.11 Å². The summed E-state index contributed by atoms with van der Waals surface area (Å²) in [6.07, 6.45) is 2.27. The zero-order valence-electron chi connectivity index (χ0n) is 16.6. The van der Waals surface area contributed by atoms with Crippen LogP contribution in [-0.2, 0) is 11.2 Å². The van der Waals surface area contributed by atoms with Crippen molar-refractivity contribution in [3.05, 3.63) is 77.6 Å². The van der Waals surface area contributed by atoms with Crippen LogP contribution in [0.4, 0.5) is 10.1 Å². The molecule has 0 bridgehead atoms. The molecule has 1 N–H and O–H groups in total. The number of carbonyl (C=O) groups is 1. The van der Waals surface area contributed by atoms with Gasteiger partial charge in [0.15, 0.2) is 0 Å². The maximum absolute atomic E-state index is 14.1. The van der Waals surface area contributed by atoms with Gasteiger partial charge >= 0.3 is 5.97 Å². The Balaban J connectivity index is 1.43. The Labute approximate surface area is 170 Å².